The Labute approximate surface area is 150 Å². The predicted molar refractivity (Wildman–Crippen MR) is 102 cm³/mol. The minimum atomic E-state index is 0.123. The Hall–Kier alpha value is -1.20. The van der Waals surface area contributed by atoms with Crippen LogP contribution in [0.25, 0.3) is 0 Å². The minimum absolute atomic E-state index is 0.123. The normalized spacial score (nSPS) is 22.3. The van der Waals surface area contributed by atoms with E-state index in [-0.39, 0.29) is 6.03 Å². The largest absolute Gasteiger partial charge is 0.338 e. The Balaban J connectivity index is 1.51. The van der Waals surface area contributed by atoms with Gasteiger partial charge >= 0.3 is 6.03 Å². The number of likely N-dealkylation sites (tertiary alicyclic amines) is 1. The van der Waals surface area contributed by atoms with Crippen LogP contribution in [0.3, 0.4) is 0 Å². The zero-order valence-corrected chi connectivity index (χ0v) is 15.3. The molecule has 0 spiro atoms. The number of hydrogen-bond acceptors (Lipinski definition) is 3. The van der Waals surface area contributed by atoms with Gasteiger partial charge in [-0.05, 0) is 50.1 Å². The lowest BCUT2D eigenvalue weighted by atomic mass is 10.1. The SMILES string of the molecule is O=C(NCCc1ccccc1)N1CCCSCC1CN1CCCC1. The number of urea groups is 1. The predicted octanol–water partition coefficient (Wildman–Crippen LogP) is 2.84. The molecule has 2 aliphatic rings. The van der Waals surface area contributed by atoms with Crippen molar-refractivity contribution in [3.63, 3.8) is 0 Å². The summed E-state index contributed by atoms with van der Waals surface area (Å²) < 4.78 is 0. The number of carbonyl (C=O) groups is 1. The Bertz CT molecular complexity index is 505. The minimum Gasteiger partial charge on any atom is -0.338 e. The van der Waals surface area contributed by atoms with Crippen molar-refractivity contribution in [3.8, 4) is 0 Å². The highest BCUT2D eigenvalue weighted by Gasteiger charge is 2.28. The van der Waals surface area contributed by atoms with Crippen LogP contribution in [0.1, 0.15) is 24.8 Å². The lowest BCUT2D eigenvalue weighted by molar-refractivity contribution is 0.162. The van der Waals surface area contributed by atoms with E-state index in [9.17, 15) is 4.79 Å². The van der Waals surface area contributed by atoms with Gasteiger partial charge in [-0.25, -0.2) is 4.79 Å². The zero-order chi connectivity index (χ0) is 16.6. The second-order valence-corrected chi connectivity index (χ2v) is 7.90. The van der Waals surface area contributed by atoms with Crippen molar-refractivity contribution in [1.82, 2.24) is 15.1 Å². The first-order valence-corrected chi connectivity index (χ1v) is 10.4. The maximum atomic E-state index is 12.7. The second-order valence-electron chi connectivity index (χ2n) is 6.75. The van der Waals surface area contributed by atoms with E-state index < -0.39 is 0 Å². The molecule has 2 fully saturated rings. The molecule has 0 radical (unpaired) electrons. The maximum absolute atomic E-state index is 12.7. The van der Waals surface area contributed by atoms with Crippen molar-refractivity contribution in [2.24, 2.45) is 0 Å². The van der Waals surface area contributed by atoms with Gasteiger partial charge in [0.05, 0.1) is 6.04 Å². The molecule has 1 N–H and O–H groups in total. The number of rotatable bonds is 5. The van der Waals surface area contributed by atoms with Gasteiger partial charge in [0.1, 0.15) is 0 Å². The Morgan fingerprint density at radius 1 is 1.12 bits per heavy atom. The molecule has 0 bridgehead atoms. The van der Waals surface area contributed by atoms with Crippen molar-refractivity contribution in [3.05, 3.63) is 35.9 Å². The fourth-order valence-corrected chi connectivity index (χ4v) is 4.63. The Kier molecular flexibility index (Phi) is 6.85. The summed E-state index contributed by atoms with van der Waals surface area (Å²) in [6.45, 7) is 5.04. The fourth-order valence-electron chi connectivity index (χ4n) is 3.57. The van der Waals surface area contributed by atoms with Crippen LogP contribution in [-0.2, 0) is 6.42 Å². The van der Waals surface area contributed by atoms with Crippen LogP contribution in [-0.4, -0.2) is 66.1 Å². The molecule has 1 aromatic carbocycles. The van der Waals surface area contributed by atoms with Crippen molar-refractivity contribution in [1.29, 1.82) is 0 Å². The van der Waals surface area contributed by atoms with Gasteiger partial charge in [0.2, 0.25) is 0 Å². The van der Waals surface area contributed by atoms with Crippen molar-refractivity contribution in [2.75, 3.05) is 44.2 Å². The molecular formula is C19H29N3OS. The summed E-state index contributed by atoms with van der Waals surface area (Å²) in [4.78, 5) is 17.3. The van der Waals surface area contributed by atoms with E-state index in [0.29, 0.717) is 12.6 Å². The summed E-state index contributed by atoms with van der Waals surface area (Å²) in [5.41, 5.74) is 1.28. The average Bonchev–Trinajstić information content (AvgIpc) is 3.00. The second kappa shape index (κ2) is 9.33. The zero-order valence-electron chi connectivity index (χ0n) is 14.5. The molecule has 2 saturated heterocycles. The maximum Gasteiger partial charge on any atom is 0.317 e. The molecule has 0 aromatic heterocycles. The molecule has 1 aromatic rings. The number of thioether (sulfide) groups is 1. The van der Waals surface area contributed by atoms with Gasteiger partial charge in [0.15, 0.2) is 0 Å². The first-order chi connectivity index (χ1) is 11.8. The van der Waals surface area contributed by atoms with E-state index in [0.717, 1.165) is 31.7 Å². The number of benzene rings is 1. The summed E-state index contributed by atoms with van der Waals surface area (Å²) in [7, 11) is 0. The summed E-state index contributed by atoms with van der Waals surface area (Å²) in [6.07, 6.45) is 4.62. The highest BCUT2D eigenvalue weighted by atomic mass is 32.2. The van der Waals surface area contributed by atoms with Crippen LogP contribution in [0.5, 0.6) is 0 Å². The van der Waals surface area contributed by atoms with Crippen molar-refractivity contribution >= 4 is 17.8 Å². The first kappa shape index (κ1) is 17.6. The smallest absolute Gasteiger partial charge is 0.317 e. The third kappa shape index (κ3) is 5.15. The van der Waals surface area contributed by atoms with Crippen LogP contribution in [0.2, 0.25) is 0 Å². The van der Waals surface area contributed by atoms with Crippen LogP contribution >= 0.6 is 11.8 Å². The van der Waals surface area contributed by atoms with Gasteiger partial charge in [-0.3, -0.25) is 0 Å². The van der Waals surface area contributed by atoms with Crippen LogP contribution < -0.4 is 5.32 Å². The first-order valence-electron chi connectivity index (χ1n) is 9.21. The van der Waals surface area contributed by atoms with Gasteiger partial charge in [-0.2, -0.15) is 11.8 Å². The molecule has 2 amide bonds. The van der Waals surface area contributed by atoms with Crippen LogP contribution in [0.4, 0.5) is 4.79 Å². The molecular weight excluding hydrogens is 318 g/mol. The number of nitrogens with one attached hydrogen (secondary N) is 1. The molecule has 132 valence electrons. The molecule has 3 rings (SSSR count). The lowest BCUT2D eigenvalue weighted by Gasteiger charge is -2.32. The summed E-state index contributed by atoms with van der Waals surface area (Å²) in [5, 5.41) is 3.14. The van der Waals surface area contributed by atoms with Crippen LogP contribution in [0, 0.1) is 0 Å². The molecule has 2 aliphatic heterocycles. The molecule has 24 heavy (non-hydrogen) atoms. The number of carbonyl (C=O) groups excluding carboxylic acids is 1. The molecule has 1 unspecified atom stereocenters. The lowest BCUT2D eigenvalue weighted by Crippen LogP contribution is -2.51. The van der Waals surface area contributed by atoms with Crippen LogP contribution in [0.15, 0.2) is 30.3 Å². The summed E-state index contributed by atoms with van der Waals surface area (Å²) in [6, 6.07) is 10.8. The Morgan fingerprint density at radius 2 is 1.92 bits per heavy atom. The molecule has 1 atom stereocenters. The molecule has 4 nitrogen and oxygen atoms in total. The van der Waals surface area contributed by atoms with E-state index in [1.165, 1.54) is 37.2 Å². The Morgan fingerprint density at radius 3 is 2.71 bits per heavy atom. The molecule has 0 saturated carbocycles. The molecule has 0 aliphatic carbocycles. The number of amides is 2. The number of hydrogen-bond donors (Lipinski definition) is 1. The molecule has 5 heteroatoms. The summed E-state index contributed by atoms with van der Waals surface area (Å²) >= 11 is 2.00. The highest BCUT2D eigenvalue weighted by Crippen LogP contribution is 2.19. The van der Waals surface area contributed by atoms with E-state index in [4.69, 9.17) is 0 Å². The molecule has 2 heterocycles. The summed E-state index contributed by atoms with van der Waals surface area (Å²) in [5.74, 6) is 2.24. The fraction of sp³-hybridized carbons (Fsp3) is 0.632. The van der Waals surface area contributed by atoms with E-state index in [1.807, 2.05) is 17.8 Å². The van der Waals surface area contributed by atoms with Gasteiger partial charge in [0.25, 0.3) is 0 Å². The van der Waals surface area contributed by atoms with Gasteiger partial charge in [-0.15, -0.1) is 0 Å². The third-order valence-electron chi connectivity index (χ3n) is 4.90. The highest BCUT2D eigenvalue weighted by molar-refractivity contribution is 7.99. The monoisotopic (exact) mass is 347 g/mol. The van der Waals surface area contributed by atoms with Crippen molar-refractivity contribution < 1.29 is 4.79 Å². The van der Waals surface area contributed by atoms with Gasteiger partial charge in [-0.1, -0.05) is 30.3 Å². The van der Waals surface area contributed by atoms with Gasteiger partial charge < -0.3 is 15.1 Å². The number of nitrogens with zero attached hydrogens (tertiary/aromatic N) is 2. The average molecular weight is 348 g/mol. The topological polar surface area (TPSA) is 35.6 Å². The van der Waals surface area contributed by atoms with Crippen molar-refractivity contribution in [2.45, 2.75) is 31.7 Å². The quantitative estimate of drug-likeness (QED) is 0.890. The van der Waals surface area contributed by atoms with E-state index >= 15 is 0 Å². The van der Waals surface area contributed by atoms with E-state index in [1.54, 1.807) is 0 Å². The van der Waals surface area contributed by atoms with Gasteiger partial charge in [0, 0.05) is 25.4 Å². The third-order valence-corrected chi connectivity index (χ3v) is 6.10. The van der Waals surface area contributed by atoms with E-state index in [2.05, 4.69) is 39.4 Å². The standard InChI is InChI=1S/C19H29N3OS/c23-19(20-10-9-17-7-2-1-3-8-17)22-13-6-14-24-16-18(22)15-21-11-4-5-12-21/h1-3,7-8,18H,4-6,9-16H2,(H,20,23).